The second-order valence-electron chi connectivity index (χ2n) is 9.52. The highest BCUT2D eigenvalue weighted by Crippen LogP contribution is 2.35. The van der Waals surface area contributed by atoms with E-state index in [-0.39, 0.29) is 22.7 Å². The summed E-state index contributed by atoms with van der Waals surface area (Å²) in [6, 6.07) is 18.9. The molecule has 1 aliphatic rings. The Bertz CT molecular complexity index is 1300. The van der Waals surface area contributed by atoms with Crippen molar-refractivity contribution >= 4 is 28.9 Å². The van der Waals surface area contributed by atoms with Gasteiger partial charge in [-0.3, -0.25) is 9.59 Å². The Balaban J connectivity index is 0.000000304. The van der Waals surface area contributed by atoms with Crippen LogP contribution in [0.4, 0.5) is 8.78 Å². The highest BCUT2D eigenvalue weighted by atomic mass is 35.5. The molecule has 2 N–H and O–H groups in total. The van der Waals surface area contributed by atoms with Gasteiger partial charge in [-0.2, -0.15) is 0 Å². The van der Waals surface area contributed by atoms with Gasteiger partial charge in [-0.05, 0) is 74.6 Å². The number of carbonyl (C=O) groups is 2. The lowest BCUT2D eigenvalue weighted by Gasteiger charge is -2.42. The number of benzene rings is 3. The van der Waals surface area contributed by atoms with Crippen molar-refractivity contribution in [3.63, 3.8) is 0 Å². The maximum Gasteiger partial charge on any atom is 0.254 e. The summed E-state index contributed by atoms with van der Waals surface area (Å²) in [7, 11) is 0. The first-order valence-electron chi connectivity index (χ1n) is 12.5. The van der Waals surface area contributed by atoms with Crippen molar-refractivity contribution in [2.45, 2.75) is 39.0 Å². The van der Waals surface area contributed by atoms with Gasteiger partial charge < -0.3 is 10.6 Å². The molecule has 0 saturated carbocycles. The highest BCUT2D eigenvalue weighted by molar-refractivity contribution is 6.31. The number of rotatable bonds is 5. The zero-order chi connectivity index (χ0) is 27.9. The Kier molecular flexibility index (Phi) is 9.95. The van der Waals surface area contributed by atoms with E-state index in [0.29, 0.717) is 11.6 Å². The molecule has 0 aromatic heterocycles. The van der Waals surface area contributed by atoms with Crippen LogP contribution in [0, 0.1) is 18.6 Å². The van der Waals surface area contributed by atoms with E-state index in [1.54, 1.807) is 0 Å². The first-order valence-corrected chi connectivity index (χ1v) is 12.9. The molecule has 0 radical (unpaired) electrons. The van der Waals surface area contributed by atoms with Crippen LogP contribution in [0.2, 0.25) is 5.02 Å². The number of aryl methyl sites for hydroxylation is 1. The van der Waals surface area contributed by atoms with Gasteiger partial charge in [0.1, 0.15) is 11.6 Å². The largest absolute Gasteiger partial charge is 0.339 e. The first kappa shape index (κ1) is 29.2. The number of hydrogen-bond donors (Lipinski definition) is 1. The average Bonchev–Trinajstić information content (AvgIpc) is 2.90. The molecule has 1 saturated heterocycles. The molecule has 0 aliphatic carbocycles. The van der Waals surface area contributed by atoms with Crippen molar-refractivity contribution in [2.75, 3.05) is 19.6 Å². The third-order valence-electron chi connectivity index (χ3n) is 7.05. The van der Waals surface area contributed by atoms with Crippen LogP contribution in [0.1, 0.15) is 53.7 Å². The van der Waals surface area contributed by atoms with Crippen molar-refractivity contribution in [3.05, 3.63) is 112 Å². The zero-order valence-corrected chi connectivity index (χ0v) is 22.7. The summed E-state index contributed by atoms with van der Waals surface area (Å²) < 4.78 is 24.8. The van der Waals surface area contributed by atoms with Crippen LogP contribution in [0.25, 0.3) is 5.57 Å². The number of nitrogens with zero attached hydrogens (tertiary/aromatic N) is 1. The molecule has 1 amide bonds. The Morgan fingerprint density at radius 2 is 1.61 bits per heavy atom. The zero-order valence-electron chi connectivity index (χ0n) is 21.9. The van der Waals surface area contributed by atoms with Gasteiger partial charge in [-0.1, -0.05) is 54.1 Å². The third-order valence-corrected chi connectivity index (χ3v) is 7.29. The third kappa shape index (κ3) is 6.94. The smallest absolute Gasteiger partial charge is 0.254 e. The minimum absolute atomic E-state index is 0.0374. The molecule has 38 heavy (non-hydrogen) atoms. The van der Waals surface area contributed by atoms with Crippen molar-refractivity contribution in [1.82, 2.24) is 4.90 Å². The Morgan fingerprint density at radius 1 is 1.00 bits per heavy atom. The van der Waals surface area contributed by atoms with E-state index >= 15 is 0 Å². The van der Waals surface area contributed by atoms with E-state index in [4.69, 9.17) is 17.3 Å². The summed E-state index contributed by atoms with van der Waals surface area (Å²) in [4.78, 5) is 25.8. The molecule has 0 spiro atoms. The number of hydrogen-bond acceptors (Lipinski definition) is 3. The summed E-state index contributed by atoms with van der Waals surface area (Å²) in [6.45, 7) is 7.20. The predicted molar refractivity (Wildman–Crippen MR) is 149 cm³/mol. The fourth-order valence-corrected chi connectivity index (χ4v) is 5.02. The van der Waals surface area contributed by atoms with Crippen molar-refractivity contribution in [1.29, 1.82) is 0 Å². The average molecular weight is 539 g/mol. The molecule has 1 heterocycles. The van der Waals surface area contributed by atoms with E-state index in [1.165, 1.54) is 12.5 Å². The van der Waals surface area contributed by atoms with Gasteiger partial charge in [0, 0.05) is 47.3 Å². The fraction of sp³-hybridized carbons (Fsp3) is 0.290. The van der Waals surface area contributed by atoms with Gasteiger partial charge >= 0.3 is 0 Å². The second-order valence-corrected chi connectivity index (χ2v) is 9.96. The summed E-state index contributed by atoms with van der Waals surface area (Å²) in [5.41, 5.74) is 10.2. The quantitative estimate of drug-likeness (QED) is 0.289. The van der Waals surface area contributed by atoms with Crippen molar-refractivity contribution in [3.8, 4) is 0 Å². The molecular weight excluding hydrogens is 506 g/mol. The van der Waals surface area contributed by atoms with Crippen LogP contribution in [0.5, 0.6) is 0 Å². The monoisotopic (exact) mass is 538 g/mol. The van der Waals surface area contributed by atoms with Crippen LogP contribution in [0.15, 0.2) is 72.8 Å². The maximum absolute atomic E-state index is 13.2. The number of nitrogens with two attached hydrogens (primary N) is 1. The maximum atomic E-state index is 13.2. The van der Waals surface area contributed by atoms with Gasteiger partial charge in [0.2, 0.25) is 0 Å². The molecule has 3 aromatic carbocycles. The summed E-state index contributed by atoms with van der Waals surface area (Å²) >= 11 is 6.07. The van der Waals surface area contributed by atoms with Crippen LogP contribution < -0.4 is 5.73 Å². The summed E-state index contributed by atoms with van der Waals surface area (Å²) in [5.74, 6) is -1.71. The van der Waals surface area contributed by atoms with Gasteiger partial charge in [-0.15, -0.1) is 0 Å². The lowest BCUT2D eigenvalue weighted by molar-refractivity contribution is -0.126. The number of Topliss-reactive ketones (excluding diaryl/α,β-unsaturated/α-hetero) is 1. The number of piperidine rings is 1. The van der Waals surface area contributed by atoms with E-state index < -0.39 is 11.6 Å². The van der Waals surface area contributed by atoms with Crippen molar-refractivity contribution in [2.24, 2.45) is 5.73 Å². The van der Waals surface area contributed by atoms with E-state index in [9.17, 15) is 18.4 Å². The number of ketones is 1. The molecule has 1 aliphatic heterocycles. The molecule has 200 valence electrons. The molecule has 4 nitrogen and oxygen atoms in total. The topological polar surface area (TPSA) is 63.4 Å². The molecule has 4 rings (SSSR count). The van der Waals surface area contributed by atoms with Crippen molar-refractivity contribution < 1.29 is 18.4 Å². The minimum Gasteiger partial charge on any atom is -0.339 e. The molecular formula is C31H33ClF2N2O2. The second kappa shape index (κ2) is 12.9. The number of allylic oxidation sites excluding steroid dienone is 1. The molecule has 0 bridgehead atoms. The van der Waals surface area contributed by atoms with Gasteiger partial charge in [0.05, 0.1) is 0 Å². The fourth-order valence-electron chi connectivity index (χ4n) is 4.79. The molecule has 1 fully saturated rings. The number of carbonyl (C=O) groups excluding carboxylic acids is 2. The number of halogens is 3. The van der Waals surface area contributed by atoms with E-state index in [2.05, 4.69) is 24.3 Å². The lowest BCUT2D eigenvalue weighted by Crippen LogP contribution is -2.48. The van der Waals surface area contributed by atoms with Crippen LogP contribution in [-0.4, -0.2) is 36.2 Å². The Hall–Kier alpha value is -3.35. The van der Waals surface area contributed by atoms with Gasteiger partial charge in [-0.25, -0.2) is 8.78 Å². The van der Waals surface area contributed by atoms with Crippen LogP contribution in [0.3, 0.4) is 0 Å². The molecule has 0 unspecified atom stereocenters. The lowest BCUT2D eigenvalue weighted by atomic mass is 9.72. The Morgan fingerprint density at radius 3 is 2.11 bits per heavy atom. The van der Waals surface area contributed by atoms with Crippen LogP contribution in [-0.2, 0) is 10.2 Å². The normalized spacial score (nSPS) is 14.9. The van der Waals surface area contributed by atoms with E-state index in [0.717, 1.165) is 60.8 Å². The van der Waals surface area contributed by atoms with Crippen LogP contribution >= 0.6 is 11.6 Å². The number of likely N-dealkylation sites (tertiary alicyclic amines) is 1. The van der Waals surface area contributed by atoms with Gasteiger partial charge in [0.25, 0.3) is 5.91 Å². The minimum atomic E-state index is -0.727. The molecule has 7 heteroatoms. The summed E-state index contributed by atoms with van der Waals surface area (Å²) in [5, 5.41) is 0.688. The predicted octanol–water partition coefficient (Wildman–Crippen LogP) is 6.74. The standard InChI is InChI=1S/C23H27ClN2O.C8H6F2O/c1-3-20(21-10-9-19(24)15-17(21)2)22(27)26-13-11-23(16-25,12-14-26)18-7-5-4-6-8-18;1-5(11)6-2-7(9)4-8(10)3-6/h3-10,15H,11-14,16,25H2,1-2H3;2-4H,1H3/b20-3+;. The molecule has 3 aromatic rings. The van der Waals surface area contributed by atoms with Gasteiger partial charge in [0.15, 0.2) is 5.78 Å². The Labute approximate surface area is 228 Å². The van der Waals surface area contributed by atoms with E-state index in [1.807, 2.05) is 49.1 Å². The first-order chi connectivity index (χ1) is 18.1. The SMILES string of the molecule is C/C=C(/C(=O)N1CCC(CN)(c2ccccc2)CC1)c1ccc(Cl)cc1C.CC(=O)c1cc(F)cc(F)c1. The highest BCUT2D eigenvalue weighted by Gasteiger charge is 2.36. The molecule has 0 atom stereocenters. The summed E-state index contributed by atoms with van der Waals surface area (Å²) in [6.07, 6.45) is 3.67. The number of amides is 1.